The number of benzene rings is 2. The quantitative estimate of drug-likeness (QED) is 0.461. The van der Waals surface area contributed by atoms with Crippen LogP contribution in [0.4, 0.5) is 5.69 Å². The Morgan fingerprint density at radius 1 is 0.941 bits per heavy atom. The molecule has 4 rings (SSSR count). The number of hydrogen-bond donors (Lipinski definition) is 1. The summed E-state index contributed by atoms with van der Waals surface area (Å²) >= 11 is 0. The van der Waals surface area contributed by atoms with Crippen LogP contribution in [0, 0.1) is 20.8 Å². The molecule has 0 saturated carbocycles. The predicted molar refractivity (Wildman–Crippen MR) is 134 cm³/mol. The van der Waals surface area contributed by atoms with Gasteiger partial charge in [-0.1, -0.05) is 36.4 Å². The zero-order valence-corrected chi connectivity index (χ0v) is 20.2. The zero-order valence-electron chi connectivity index (χ0n) is 20.2. The van der Waals surface area contributed by atoms with E-state index in [2.05, 4.69) is 10.4 Å². The molecule has 34 heavy (non-hydrogen) atoms. The second-order valence-corrected chi connectivity index (χ2v) is 8.55. The lowest BCUT2D eigenvalue weighted by atomic mass is 10.2. The molecule has 0 aliphatic heterocycles. The molecule has 0 unspecified atom stereocenters. The number of para-hydroxylation sites is 2. The van der Waals surface area contributed by atoms with Crippen LogP contribution in [0.1, 0.15) is 22.6 Å². The van der Waals surface area contributed by atoms with E-state index >= 15 is 0 Å². The van der Waals surface area contributed by atoms with Crippen molar-refractivity contribution in [2.45, 2.75) is 27.3 Å². The predicted octanol–water partition coefficient (Wildman–Crippen LogP) is 3.36. The summed E-state index contributed by atoms with van der Waals surface area (Å²) in [7, 11) is 3.69. The molecular weight excluding hydrogens is 428 g/mol. The van der Waals surface area contributed by atoms with E-state index in [1.54, 1.807) is 9.36 Å². The molecule has 2 aromatic heterocycles. The van der Waals surface area contributed by atoms with Crippen molar-refractivity contribution in [2.24, 2.45) is 7.05 Å². The van der Waals surface area contributed by atoms with Crippen LogP contribution in [0.3, 0.4) is 0 Å². The van der Waals surface area contributed by atoms with Crippen molar-refractivity contribution in [3.63, 3.8) is 0 Å². The van der Waals surface area contributed by atoms with Gasteiger partial charge in [0, 0.05) is 24.8 Å². The number of amides is 1. The minimum absolute atomic E-state index is 0.147. The molecule has 0 spiro atoms. The fourth-order valence-electron chi connectivity index (χ4n) is 4.19. The van der Waals surface area contributed by atoms with Gasteiger partial charge in [-0.05, 0) is 52.1 Å². The van der Waals surface area contributed by atoms with Gasteiger partial charge >= 0.3 is 0 Å². The van der Waals surface area contributed by atoms with Gasteiger partial charge in [-0.2, -0.15) is 5.10 Å². The fraction of sp³-hybridized carbons (Fsp3) is 0.269. The van der Waals surface area contributed by atoms with Gasteiger partial charge in [0.15, 0.2) is 0 Å². The topological polar surface area (TPSA) is 77.1 Å². The van der Waals surface area contributed by atoms with Crippen molar-refractivity contribution in [1.82, 2.24) is 24.0 Å². The molecule has 176 valence electrons. The molecule has 0 saturated heterocycles. The third-order valence-electron chi connectivity index (χ3n) is 6.10. The van der Waals surface area contributed by atoms with Crippen LogP contribution in [0.2, 0.25) is 0 Å². The number of aryl methyl sites for hydroxylation is 1. The number of carbonyl (C=O) groups is 1. The molecule has 0 atom stereocenters. The number of rotatable bonds is 7. The molecule has 2 aromatic carbocycles. The minimum atomic E-state index is -0.252. The molecule has 0 fully saturated rings. The molecule has 1 N–H and O–H groups in total. The third kappa shape index (κ3) is 4.45. The summed E-state index contributed by atoms with van der Waals surface area (Å²) < 4.78 is 5.24. The SMILES string of the molecule is Cc1nn(-c2ccccc2)c(C)c1CN(C)CC(=O)Nc1c(C)n(C)n(-c2ccccc2)c1=O. The Bertz CT molecular complexity index is 1370. The van der Waals surface area contributed by atoms with Gasteiger partial charge in [0.1, 0.15) is 5.69 Å². The first kappa shape index (κ1) is 23.3. The van der Waals surface area contributed by atoms with Gasteiger partial charge in [-0.3, -0.25) is 19.2 Å². The van der Waals surface area contributed by atoms with E-state index in [0.717, 1.165) is 28.3 Å². The molecule has 0 aliphatic rings. The van der Waals surface area contributed by atoms with Gasteiger partial charge in [-0.25, -0.2) is 9.36 Å². The van der Waals surface area contributed by atoms with Crippen LogP contribution >= 0.6 is 0 Å². The molecule has 4 aromatic rings. The second kappa shape index (κ2) is 9.52. The molecular formula is C26H30N6O2. The van der Waals surface area contributed by atoms with Crippen molar-refractivity contribution in [2.75, 3.05) is 18.9 Å². The molecule has 0 aliphatic carbocycles. The van der Waals surface area contributed by atoms with Crippen molar-refractivity contribution in [3.05, 3.63) is 93.7 Å². The van der Waals surface area contributed by atoms with E-state index in [4.69, 9.17) is 0 Å². The first-order valence-electron chi connectivity index (χ1n) is 11.2. The summed E-state index contributed by atoms with van der Waals surface area (Å²) in [6, 6.07) is 19.4. The summed E-state index contributed by atoms with van der Waals surface area (Å²) in [6.07, 6.45) is 0. The Kier molecular flexibility index (Phi) is 6.51. The highest BCUT2D eigenvalue weighted by Gasteiger charge is 2.20. The van der Waals surface area contributed by atoms with Gasteiger partial charge in [0.25, 0.3) is 5.56 Å². The molecule has 8 nitrogen and oxygen atoms in total. The second-order valence-electron chi connectivity index (χ2n) is 8.55. The Morgan fingerprint density at radius 2 is 1.53 bits per heavy atom. The number of carbonyl (C=O) groups excluding carboxylic acids is 1. The van der Waals surface area contributed by atoms with Crippen molar-refractivity contribution in [3.8, 4) is 11.4 Å². The lowest BCUT2D eigenvalue weighted by molar-refractivity contribution is -0.117. The van der Waals surface area contributed by atoms with Gasteiger partial charge in [-0.15, -0.1) is 0 Å². The maximum absolute atomic E-state index is 13.1. The largest absolute Gasteiger partial charge is 0.319 e. The maximum atomic E-state index is 13.1. The fourth-order valence-corrected chi connectivity index (χ4v) is 4.19. The molecule has 2 heterocycles. The maximum Gasteiger partial charge on any atom is 0.295 e. The molecule has 0 bridgehead atoms. The van der Waals surface area contributed by atoms with E-state index in [0.29, 0.717) is 17.9 Å². The van der Waals surface area contributed by atoms with Gasteiger partial charge in [0.2, 0.25) is 5.91 Å². The average Bonchev–Trinajstić information content (AvgIpc) is 3.22. The van der Waals surface area contributed by atoms with Gasteiger partial charge < -0.3 is 5.32 Å². The van der Waals surface area contributed by atoms with Crippen LogP contribution in [0.15, 0.2) is 65.5 Å². The van der Waals surface area contributed by atoms with Crippen molar-refractivity contribution < 1.29 is 4.79 Å². The van der Waals surface area contributed by atoms with E-state index in [1.807, 2.05) is 105 Å². The normalized spacial score (nSPS) is 11.2. The lowest BCUT2D eigenvalue weighted by Gasteiger charge is -2.16. The third-order valence-corrected chi connectivity index (χ3v) is 6.10. The highest BCUT2D eigenvalue weighted by atomic mass is 16.2. The average molecular weight is 459 g/mol. The van der Waals surface area contributed by atoms with E-state index in [1.165, 1.54) is 0 Å². The first-order valence-corrected chi connectivity index (χ1v) is 11.2. The molecule has 8 heteroatoms. The number of hydrogen-bond acceptors (Lipinski definition) is 4. The molecule has 0 radical (unpaired) electrons. The summed E-state index contributed by atoms with van der Waals surface area (Å²) in [5.74, 6) is -0.237. The molecule has 1 amide bonds. The number of nitrogens with zero attached hydrogens (tertiary/aromatic N) is 5. The zero-order chi connectivity index (χ0) is 24.4. The van der Waals surface area contributed by atoms with Crippen molar-refractivity contribution in [1.29, 1.82) is 0 Å². The summed E-state index contributed by atoms with van der Waals surface area (Å²) in [6.45, 7) is 6.56. The standard InChI is InChI=1S/C26H30N6O2/c1-18-23(19(2)31(28-18)21-12-8-6-9-13-21)16-29(4)17-24(33)27-25-20(3)30(5)32(26(25)34)22-14-10-7-11-15-22/h6-15H,16-17H2,1-5H3,(H,27,33). The van der Waals surface area contributed by atoms with Crippen molar-refractivity contribution >= 4 is 11.6 Å². The van der Waals surface area contributed by atoms with Crippen LogP contribution in [-0.2, 0) is 18.4 Å². The van der Waals surface area contributed by atoms with E-state index in [-0.39, 0.29) is 18.0 Å². The number of nitrogens with one attached hydrogen (secondary N) is 1. The Morgan fingerprint density at radius 3 is 2.15 bits per heavy atom. The summed E-state index contributed by atoms with van der Waals surface area (Å²) in [5.41, 5.74) is 5.55. The summed E-state index contributed by atoms with van der Waals surface area (Å²) in [5, 5.41) is 7.52. The Labute approximate surface area is 199 Å². The van der Waals surface area contributed by atoms with Gasteiger partial charge in [0.05, 0.1) is 29.3 Å². The Balaban J connectivity index is 1.48. The van der Waals surface area contributed by atoms with E-state index < -0.39 is 0 Å². The number of aromatic nitrogens is 4. The first-order chi connectivity index (χ1) is 16.3. The highest BCUT2D eigenvalue weighted by Crippen LogP contribution is 2.19. The van der Waals surface area contributed by atoms with Crippen LogP contribution in [0.5, 0.6) is 0 Å². The monoisotopic (exact) mass is 458 g/mol. The summed E-state index contributed by atoms with van der Waals surface area (Å²) in [4.78, 5) is 27.8. The Hall–Kier alpha value is -3.91. The highest BCUT2D eigenvalue weighted by molar-refractivity contribution is 5.92. The lowest BCUT2D eigenvalue weighted by Crippen LogP contribution is -2.32. The number of anilines is 1. The smallest absolute Gasteiger partial charge is 0.295 e. The number of likely N-dealkylation sites (N-methyl/N-ethyl adjacent to an activating group) is 1. The minimum Gasteiger partial charge on any atom is -0.319 e. The van der Waals surface area contributed by atoms with Crippen LogP contribution in [-0.4, -0.2) is 43.5 Å². The van der Waals surface area contributed by atoms with Crippen LogP contribution in [0.25, 0.3) is 11.4 Å². The van der Waals surface area contributed by atoms with E-state index in [9.17, 15) is 9.59 Å². The van der Waals surface area contributed by atoms with Crippen LogP contribution < -0.4 is 10.9 Å².